The van der Waals surface area contributed by atoms with E-state index >= 15 is 0 Å². The number of alkyl halides is 2. The highest BCUT2D eigenvalue weighted by atomic mass is 32.2. The van der Waals surface area contributed by atoms with Crippen LogP contribution < -0.4 is 0 Å². The number of benzene rings is 1. The summed E-state index contributed by atoms with van der Waals surface area (Å²) in [5.41, 5.74) is 0.595. The minimum atomic E-state index is -4.60. The standard InChI is InChI=1S/C16H23F2NO3S/c1-11(2)10-19(12(3)4)15(20)9-13-5-7-14(8-6-13)23(21,22)16(17)18/h5-8,11-12,16H,9-10H2,1-4H3. The Morgan fingerprint density at radius 1 is 1.09 bits per heavy atom. The van der Waals surface area contributed by atoms with E-state index in [1.54, 1.807) is 4.90 Å². The molecule has 0 saturated carbocycles. The van der Waals surface area contributed by atoms with Gasteiger partial charge in [0.25, 0.3) is 0 Å². The average Bonchev–Trinajstić information content (AvgIpc) is 2.44. The monoisotopic (exact) mass is 347 g/mol. The van der Waals surface area contributed by atoms with Crippen molar-refractivity contribution in [3.63, 3.8) is 0 Å². The second-order valence-corrected chi connectivity index (χ2v) is 8.08. The van der Waals surface area contributed by atoms with Crippen LogP contribution in [0.5, 0.6) is 0 Å². The van der Waals surface area contributed by atoms with E-state index in [0.29, 0.717) is 18.0 Å². The quantitative estimate of drug-likeness (QED) is 0.761. The lowest BCUT2D eigenvalue weighted by molar-refractivity contribution is -0.132. The van der Waals surface area contributed by atoms with E-state index in [0.717, 1.165) is 12.1 Å². The molecule has 0 atom stereocenters. The molecule has 0 radical (unpaired) electrons. The van der Waals surface area contributed by atoms with Gasteiger partial charge in [0, 0.05) is 12.6 Å². The maximum Gasteiger partial charge on any atom is 0.341 e. The first kappa shape index (κ1) is 19.5. The van der Waals surface area contributed by atoms with Crippen molar-refractivity contribution in [3.05, 3.63) is 29.8 Å². The van der Waals surface area contributed by atoms with Gasteiger partial charge >= 0.3 is 5.76 Å². The Balaban J connectivity index is 2.87. The summed E-state index contributed by atoms with van der Waals surface area (Å²) < 4.78 is 47.7. The first-order chi connectivity index (χ1) is 10.6. The van der Waals surface area contributed by atoms with Crippen molar-refractivity contribution in [2.24, 2.45) is 5.92 Å². The molecule has 130 valence electrons. The van der Waals surface area contributed by atoms with Gasteiger partial charge in [-0.05, 0) is 37.5 Å². The summed E-state index contributed by atoms with van der Waals surface area (Å²) in [5, 5.41) is 0. The van der Waals surface area contributed by atoms with Crippen molar-refractivity contribution < 1.29 is 22.0 Å². The Kier molecular flexibility index (Phi) is 6.68. The smallest absolute Gasteiger partial charge is 0.340 e. The molecule has 23 heavy (non-hydrogen) atoms. The van der Waals surface area contributed by atoms with E-state index in [2.05, 4.69) is 0 Å². The molecular formula is C16H23F2NO3S. The van der Waals surface area contributed by atoms with Crippen LogP contribution in [0, 0.1) is 5.92 Å². The summed E-state index contributed by atoms with van der Waals surface area (Å²) in [6, 6.07) is 5.10. The van der Waals surface area contributed by atoms with Crippen LogP contribution in [0.15, 0.2) is 29.2 Å². The maximum atomic E-state index is 12.5. The first-order valence-corrected chi connectivity index (χ1v) is 9.00. The van der Waals surface area contributed by atoms with E-state index in [9.17, 15) is 22.0 Å². The van der Waals surface area contributed by atoms with Gasteiger partial charge in [0.2, 0.25) is 15.7 Å². The molecule has 0 aliphatic heterocycles. The van der Waals surface area contributed by atoms with E-state index in [-0.39, 0.29) is 18.4 Å². The Morgan fingerprint density at radius 3 is 2.00 bits per heavy atom. The Morgan fingerprint density at radius 2 is 1.61 bits per heavy atom. The Labute approximate surface area is 136 Å². The zero-order chi connectivity index (χ0) is 17.8. The van der Waals surface area contributed by atoms with Crippen molar-refractivity contribution in [1.82, 2.24) is 4.90 Å². The lowest BCUT2D eigenvalue weighted by Crippen LogP contribution is -2.40. The van der Waals surface area contributed by atoms with Crippen LogP contribution in [0.25, 0.3) is 0 Å². The van der Waals surface area contributed by atoms with Crippen molar-refractivity contribution in [2.45, 2.75) is 50.8 Å². The highest BCUT2D eigenvalue weighted by molar-refractivity contribution is 7.91. The summed E-state index contributed by atoms with van der Waals surface area (Å²) >= 11 is 0. The second-order valence-electron chi connectivity index (χ2n) is 6.16. The molecule has 0 N–H and O–H groups in total. The van der Waals surface area contributed by atoms with Crippen molar-refractivity contribution in [1.29, 1.82) is 0 Å². The van der Waals surface area contributed by atoms with Gasteiger partial charge in [-0.15, -0.1) is 0 Å². The number of sulfone groups is 1. The molecule has 0 spiro atoms. The fourth-order valence-electron chi connectivity index (χ4n) is 2.17. The molecule has 0 unspecified atom stereocenters. The van der Waals surface area contributed by atoms with Gasteiger partial charge in [0.15, 0.2) is 0 Å². The molecule has 4 nitrogen and oxygen atoms in total. The normalized spacial score (nSPS) is 12.2. The number of carbonyl (C=O) groups excluding carboxylic acids is 1. The van der Waals surface area contributed by atoms with E-state index in [4.69, 9.17) is 0 Å². The molecule has 7 heteroatoms. The summed E-state index contributed by atoms with van der Waals surface area (Å²) in [5.74, 6) is -3.18. The highest BCUT2D eigenvalue weighted by Crippen LogP contribution is 2.19. The third-order valence-electron chi connectivity index (χ3n) is 3.35. The van der Waals surface area contributed by atoms with Crippen molar-refractivity contribution in [3.8, 4) is 0 Å². The molecule has 0 aromatic heterocycles. The Hall–Kier alpha value is -1.50. The lowest BCUT2D eigenvalue weighted by Gasteiger charge is -2.28. The van der Waals surface area contributed by atoms with E-state index in [1.165, 1.54) is 12.1 Å². The van der Waals surface area contributed by atoms with Crippen LogP contribution in [-0.4, -0.2) is 37.6 Å². The molecular weight excluding hydrogens is 324 g/mol. The van der Waals surface area contributed by atoms with Crippen LogP contribution in [-0.2, 0) is 21.1 Å². The number of nitrogens with zero attached hydrogens (tertiary/aromatic N) is 1. The SMILES string of the molecule is CC(C)CN(C(=O)Cc1ccc(S(=O)(=O)C(F)F)cc1)C(C)C. The summed E-state index contributed by atoms with van der Waals surface area (Å²) in [6.45, 7) is 8.53. The van der Waals surface area contributed by atoms with Crippen LogP contribution in [0.2, 0.25) is 0 Å². The predicted octanol–water partition coefficient (Wildman–Crippen LogP) is 3.12. The van der Waals surface area contributed by atoms with Crippen LogP contribution in [0.1, 0.15) is 33.3 Å². The molecule has 0 heterocycles. The number of halogens is 2. The largest absolute Gasteiger partial charge is 0.341 e. The summed E-state index contributed by atoms with van der Waals surface area (Å²) in [6.07, 6.45) is 0.111. The molecule has 0 saturated heterocycles. The molecule has 0 bridgehead atoms. The second kappa shape index (κ2) is 7.86. The van der Waals surface area contributed by atoms with Gasteiger partial charge in [0.05, 0.1) is 11.3 Å². The maximum absolute atomic E-state index is 12.5. The van der Waals surface area contributed by atoms with Gasteiger partial charge in [-0.2, -0.15) is 8.78 Å². The van der Waals surface area contributed by atoms with E-state index < -0.39 is 20.5 Å². The zero-order valence-corrected chi connectivity index (χ0v) is 14.6. The highest BCUT2D eigenvalue weighted by Gasteiger charge is 2.26. The molecule has 0 aliphatic rings. The summed E-state index contributed by atoms with van der Waals surface area (Å²) in [4.78, 5) is 13.7. The summed E-state index contributed by atoms with van der Waals surface area (Å²) in [7, 11) is -4.60. The van der Waals surface area contributed by atoms with Crippen molar-refractivity contribution >= 4 is 15.7 Å². The van der Waals surface area contributed by atoms with Gasteiger partial charge < -0.3 is 4.90 Å². The first-order valence-electron chi connectivity index (χ1n) is 7.46. The van der Waals surface area contributed by atoms with Gasteiger partial charge in [-0.1, -0.05) is 26.0 Å². The number of hydrogen-bond acceptors (Lipinski definition) is 3. The molecule has 1 rings (SSSR count). The number of hydrogen-bond donors (Lipinski definition) is 0. The predicted molar refractivity (Wildman–Crippen MR) is 85.0 cm³/mol. The fourth-order valence-corrected chi connectivity index (χ4v) is 2.89. The zero-order valence-electron chi connectivity index (χ0n) is 13.8. The fraction of sp³-hybridized carbons (Fsp3) is 0.562. The topological polar surface area (TPSA) is 54.5 Å². The lowest BCUT2D eigenvalue weighted by atomic mass is 10.1. The molecule has 0 aliphatic carbocycles. The van der Waals surface area contributed by atoms with Crippen LogP contribution in [0.3, 0.4) is 0 Å². The number of rotatable bonds is 7. The number of carbonyl (C=O) groups is 1. The van der Waals surface area contributed by atoms with Crippen LogP contribution in [0.4, 0.5) is 8.78 Å². The van der Waals surface area contributed by atoms with Gasteiger partial charge in [0.1, 0.15) is 0 Å². The number of amides is 1. The van der Waals surface area contributed by atoms with Crippen LogP contribution >= 0.6 is 0 Å². The van der Waals surface area contributed by atoms with Crippen molar-refractivity contribution in [2.75, 3.05) is 6.54 Å². The molecule has 1 aromatic carbocycles. The molecule has 1 amide bonds. The third kappa shape index (κ3) is 5.27. The molecule has 0 fully saturated rings. The van der Waals surface area contributed by atoms with E-state index in [1.807, 2.05) is 27.7 Å². The van der Waals surface area contributed by atoms with Gasteiger partial charge in [-0.25, -0.2) is 8.42 Å². The minimum absolute atomic E-state index is 0.0587. The van der Waals surface area contributed by atoms with Gasteiger partial charge in [-0.3, -0.25) is 4.79 Å². The third-order valence-corrected chi connectivity index (χ3v) is 4.75. The minimum Gasteiger partial charge on any atom is -0.340 e. The average molecular weight is 347 g/mol. The Bertz CT molecular complexity index is 625. The molecule has 1 aromatic rings.